The number of halogens is 1. The highest BCUT2D eigenvalue weighted by molar-refractivity contribution is 6.32. The summed E-state index contributed by atoms with van der Waals surface area (Å²) >= 11 is 6.27. The molecule has 0 spiro atoms. The molecule has 7 heteroatoms. The van der Waals surface area contributed by atoms with Gasteiger partial charge in [-0.1, -0.05) is 84.4 Å². The molecule has 0 unspecified atom stereocenters. The second-order valence-corrected chi connectivity index (χ2v) is 8.76. The molecule has 0 bridgehead atoms. The Labute approximate surface area is 207 Å². The quantitative estimate of drug-likeness (QED) is 0.272. The second-order valence-electron chi connectivity index (χ2n) is 8.35. The number of hydrogen-bond acceptors (Lipinski definition) is 5. The van der Waals surface area contributed by atoms with E-state index in [1.807, 2.05) is 48.5 Å². The molecule has 2 aromatic heterocycles. The summed E-state index contributed by atoms with van der Waals surface area (Å²) in [6.07, 6.45) is 3.97. The van der Waals surface area contributed by atoms with Gasteiger partial charge in [-0.05, 0) is 42.2 Å². The molecule has 2 N–H and O–H groups in total. The van der Waals surface area contributed by atoms with Crippen LogP contribution in [0.15, 0.2) is 95.2 Å². The van der Waals surface area contributed by atoms with Gasteiger partial charge >= 0.3 is 0 Å². The highest BCUT2D eigenvalue weighted by Gasteiger charge is 2.27. The molecule has 0 amide bonds. The van der Waals surface area contributed by atoms with Crippen LogP contribution in [0.5, 0.6) is 0 Å². The van der Waals surface area contributed by atoms with Crippen molar-refractivity contribution in [1.29, 1.82) is 0 Å². The van der Waals surface area contributed by atoms with Gasteiger partial charge in [-0.3, -0.25) is 0 Å². The Balaban J connectivity index is 1.58. The topological polar surface area (TPSA) is 80.9 Å². The smallest absolute Gasteiger partial charge is 0.186 e. The van der Waals surface area contributed by atoms with Crippen LogP contribution in [0.25, 0.3) is 28.6 Å². The Morgan fingerprint density at radius 1 is 0.857 bits per heavy atom. The number of nitrogen functional groups attached to an aromatic ring is 1. The van der Waals surface area contributed by atoms with Gasteiger partial charge in [0.05, 0.1) is 16.4 Å². The predicted octanol–water partition coefficient (Wildman–Crippen LogP) is 7.53. The minimum atomic E-state index is 0.266. The van der Waals surface area contributed by atoms with Crippen LogP contribution < -0.4 is 5.73 Å². The van der Waals surface area contributed by atoms with Crippen molar-refractivity contribution >= 4 is 46.1 Å². The Hall–Kier alpha value is -4.29. The number of nitrogens with two attached hydrogens (primary N) is 1. The van der Waals surface area contributed by atoms with Crippen LogP contribution in [-0.4, -0.2) is 14.6 Å². The lowest BCUT2D eigenvalue weighted by Crippen LogP contribution is -2.03. The van der Waals surface area contributed by atoms with E-state index in [2.05, 4.69) is 45.7 Å². The van der Waals surface area contributed by atoms with E-state index in [1.54, 1.807) is 16.6 Å². The minimum absolute atomic E-state index is 0.266. The third-order valence-electron chi connectivity index (χ3n) is 6.11. The number of hydrogen-bond donors (Lipinski definition) is 1. The third kappa shape index (κ3) is 3.88. The maximum absolute atomic E-state index is 6.35. The largest absolute Gasteiger partial charge is 0.380 e. The zero-order valence-electron chi connectivity index (χ0n) is 18.8. The number of anilines is 1. The first-order valence-electron chi connectivity index (χ1n) is 11.4. The van der Waals surface area contributed by atoms with Gasteiger partial charge in [0.25, 0.3) is 0 Å². The molecular weight excluding hydrogens is 456 g/mol. The number of aromatic nitrogens is 3. The van der Waals surface area contributed by atoms with Gasteiger partial charge < -0.3 is 5.73 Å². The fourth-order valence-corrected chi connectivity index (χ4v) is 4.66. The fraction of sp³-hybridized carbons (Fsp3) is 0.0714. The van der Waals surface area contributed by atoms with E-state index in [1.165, 1.54) is 5.57 Å². The second kappa shape index (κ2) is 8.81. The molecule has 0 aliphatic heterocycles. The van der Waals surface area contributed by atoms with Gasteiger partial charge in [-0.25, -0.2) is 9.50 Å². The summed E-state index contributed by atoms with van der Waals surface area (Å²) < 4.78 is 1.80. The molecule has 35 heavy (non-hydrogen) atoms. The average molecular weight is 477 g/mol. The fourth-order valence-electron chi connectivity index (χ4n) is 4.48. The molecule has 6 rings (SSSR count). The van der Waals surface area contributed by atoms with E-state index in [0.29, 0.717) is 22.0 Å². The van der Waals surface area contributed by atoms with Crippen LogP contribution in [0.2, 0.25) is 5.02 Å². The van der Waals surface area contributed by atoms with Crippen molar-refractivity contribution in [2.24, 2.45) is 10.2 Å². The summed E-state index contributed by atoms with van der Waals surface area (Å²) in [5.41, 5.74) is 14.4. The number of rotatable bonds is 4. The predicted molar refractivity (Wildman–Crippen MR) is 141 cm³/mol. The van der Waals surface area contributed by atoms with Crippen LogP contribution in [0.1, 0.15) is 23.2 Å². The van der Waals surface area contributed by atoms with Gasteiger partial charge in [0.15, 0.2) is 17.2 Å². The third-order valence-corrected chi connectivity index (χ3v) is 6.43. The Morgan fingerprint density at radius 2 is 1.57 bits per heavy atom. The maximum atomic E-state index is 6.35. The summed E-state index contributed by atoms with van der Waals surface area (Å²) in [5.74, 6) is 0.266. The Kier molecular flexibility index (Phi) is 5.35. The van der Waals surface area contributed by atoms with Gasteiger partial charge in [-0.15, -0.1) is 15.3 Å². The van der Waals surface area contributed by atoms with Crippen molar-refractivity contribution in [2.75, 3.05) is 5.73 Å². The monoisotopic (exact) mass is 476 g/mol. The Bertz CT molecular complexity index is 1600. The number of benzene rings is 3. The lowest BCUT2D eigenvalue weighted by atomic mass is 10.0. The SMILES string of the molecule is Nc1nn2c(-c3ccccc3)c3c(nc2c1N=Nc1ccccc1Cl)/C(=C/c1ccccc1)CC3. The van der Waals surface area contributed by atoms with E-state index >= 15 is 0 Å². The van der Waals surface area contributed by atoms with Gasteiger partial charge in [-0.2, -0.15) is 0 Å². The first-order chi connectivity index (χ1) is 17.2. The van der Waals surface area contributed by atoms with Crippen molar-refractivity contribution in [1.82, 2.24) is 14.6 Å². The highest BCUT2D eigenvalue weighted by Crippen LogP contribution is 2.41. The number of allylic oxidation sites excluding steroid dienone is 1. The first-order valence-corrected chi connectivity index (χ1v) is 11.8. The summed E-state index contributed by atoms with van der Waals surface area (Å²) in [6, 6.07) is 27.8. The summed E-state index contributed by atoms with van der Waals surface area (Å²) in [7, 11) is 0. The van der Waals surface area contributed by atoms with Crippen LogP contribution in [-0.2, 0) is 6.42 Å². The number of azo groups is 1. The van der Waals surface area contributed by atoms with Crippen LogP contribution in [0, 0.1) is 0 Å². The zero-order valence-corrected chi connectivity index (χ0v) is 19.5. The van der Waals surface area contributed by atoms with Gasteiger partial charge in [0.1, 0.15) is 5.69 Å². The standard InChI is InChI=1S/C28H21ClN6/c29-22-13-7-8-14-23(22)32-33-25-27(30)34-35-26(19-11-5-2-6-12-19)21-16-15-20(24(21)31-28(25)35)17-18-9-3-1-4-10-18/h1-14,17H,15-16H2,(H2,30,34)/b20-17+,33-32?. The molecule has 6 nitrogen and oxygen atoms in total. The molecule has 1 aliphatic rings. The molecule has 0 saturated heterocycles. The van der Waals surface area contributed by atoms with Crippen molar-refractivity contribution in [3.8, 4) is 11.3 Å². The molecule has 0 fully saturated rings. The Morgan fingerprint density at radius 3 is 2.34 bits per heavy atom. The maximum Gasteiger partial charge on any atom is 0.186 e. The molecule has 1 aliphatic carbocycles. The van der Waals surface area contributed by atoms with Crippen molar-refractivity contribution in [3.63, 3.8) is 0 Å². The normalized spacial score (nSPS) is 14.3. The summed E-state index contributed by atoms with van der Waals surface area (Å²) in [4.78, 5) is 5.04. The summed E-state index contributed by atoms with van der Waals surface area (Å²) in [5, 5.41) is 13.9. The highest BCUT2D eigenvalue weighted by atomic mass is 35.5. The van der Waals surface area contributed by atoms with Crippen molar-refractivity contribution < 1.29 is 0 Å². The lowest BCUT2D eigenvalue weighted by Gasteiger charge is -2.11. The average Bonchev–Trinajstić information content (AvgIpc) is 3.43. The molecule has 0 atom stereocenters. The van der Waals surface area contributed by atoms with Crippen LogP contribution >= 0.6 is 11.6 Å². The number of nitrogens with zero attached hydrogens (tertiary/aromatic N) is 5. The van der Waals surface area contributed by atoms with E-state index in [4.69, 9.17) is 22.3 Å². The molecule has 3 aromatic carbocycles. The minimum Gasteiger partial charge on any atom is -0.380 e. The molecule has 5 aromatic rings. The molecule has 0 saturated carbocycles. The van der Waals surface area contributed by atoms with Gasteiger partial charge in [0, 0.05) is 11.1 Å². The van der Waals surface area contributed by atoms with E-state index in [-0.39, 0.29) is 5.82 Å². The van der Waals surface area contributed by atoms with Crippen molar-refractivity contribution in [2.45, 2.75) is 12.8 Å². The lowest BCUT2D eigenvalue weighted by molar-refractivity contribution is 0.928. The van der Waals surface area contributed by atoms with Gasteiger partial charge in [0.2, 0.25) is 0 Å². The van der Waals surface area contributed by atoms with Crippen LogP contribution in [0.3, 0.4) is 0 Å². The molecule has 0 radical (unpaired) electrons. The first kappa shape index (κ1) is 21.3. The van der Waals surface area contributed by atoms with Crippen LogP contribution in [0.4, 0.5) is 17.2 Å². The molecular formula is C28H21ClN6. The zero-order chi connectivity index (χ0) is 23.8. The summed E-state index contributed by atoms with van der Waals surface area (Å²) in [6.45, 7) is 0. The molecule has 2 heterocycles. The van der Waals surface area contributed by atoms with E-state index in [9.17, 15) is 0 Å². The van der Waals surface area contributed by atoms with Crippen molar-refractivity contribution in [3.05, 3.63) is 107 Å². The van der Waals surface area contributed by atoms with E-state index < -0.39 is 0 Å². The number of fused-ring (bicyclic) bond motifs is 2. The van der Waals surface area contributed by atoms with E-state index in [0.717, 1.165) is 40.9 Å². The molecule has 170 valence electrons.